The lowest BCUT2D eigenvalue weighted by Crippen LogP contribution is -2.65. The zero-order chi connectivity index (χ0) is 31.8. The second-order valence-electron chi connectivity index (χ2n) is 8.69. The van der Waals surface area contributed by atoms with Crippen molar-refractivity contribution < 1.29 is 85.2 Å². The number of aromatic amines is 1. The van der Waals surface area contributed by atoms with Crippen LogP contribution < -0.4 is 16.6 Å². The largest absolute Gasteiger partial charge is 0.483 e. The lowest BCUT2D eigenvalue weighted by atomic mass is 9.97. The number of aliphatic hydroxyl groups is 5. The summed E-state index contributed by atoms with van der Waals surface area (Å²) in [4.78, 5) is 56.2. The predicted molar refractivity (Wildman–Crippen MR) is 121 cm³/mol. The van der Waals surface area contributed by atoms with E-state index in [2.05, 4.69) is 13.4 Å². The van der Waals surface area contributed by atoms with Gasteiger partial charge >= 0.3 is 33.4 Å². The number of carbonyl (C=O) groups is 1. The van der Waals surface area contributed by atoms with Gasteiger partial charge in [0.2, 0.25) is 0 Å². The second-order valence-corrected chi connectivity index (χ2v) is 11.7. The third-order valence-electron chi connectivity index (χ3n) is 5.74. The van der Waals surface area contributed by atoms with Crippen molar-refractivity contribution in [2.75, 3.05) is 13.2 Å². The molecular weight excluding hydrogens is 637 g/mol. The molecule has 2 unspecified atom stereocenters. The molecule has 9 N–H and O–H groups in total. The maximum atomic E-state index is 12.7. The lowest BCUT2D eigenvalue weighted by molar-refractivity contribution is -0.250. The molecule has 0 saturated carbocycles. The first kappa shape index (κ1) is 34.4. The molecule has 25 heteroatoms. The van der Waals surface area contributed by atoms with E-state index in [9.17, 15) is 72.0 Å². The Balaban J connectivity index is 1.69. The van der Waals surface area contributed by atoms with E-state index in [4.69, 9.17) is 9.47 Å². The van der Waals surface area contributed by atoms with Crippen LogP contribution in [0.3, 0.4) is 0 Å². The van der Waals surface area contributed by atoms with Crippen LogP contribution in [0.2, 0.25) is 0 Å². The van der Waals surface area contributed by atoms with E-state index in [-0.39, 0.29) is 0 Å². The molecule has 0 aliphatic carbocycles. The van der Waals surface area contributed by atoms with Gasteiger partial charge in [-0.25, -0.2) is 13.9 Å². The number of nitrogens with one attached hydrogen (secondary N) is 2. The van der Waals surface area contributed by atoms with Gasteiger partial charge in [0.1, 0.15) is 42.7 Å². The predicted octanol–water partition coefficient (Wildman–Crippen LogP) is -4.11. The van der Waals surface area contributed by atoms with Gasteiger partial charge in [0.25, 0.3) is 5.56 Å². The highest BCUT2D eigenvalue weighted by molar-refractivity contribution is 7.61. The van der Waals surface area contributed by atoms with Crippen molar-refractivity contribution in [1.29, 1.82) is 0 Å². The molecular formula is C17H24F3N3O17P2. The molecule has 2 fully saturated rings. The van der Waals surface area contributed by atoms with Gasteiger partial charge in [-0.2, -0.15) is 17.5 Å². The van der Waals surface area contributed by atoms with E-state index in [0.717, 1.165) is 17.6 Å². The fourth-order valence-corrected chi connectivity index (χ4v) is 5.92. The normalized spacial score (nSPS) is 34.9. The summed E-state index contributed by atoms with van der Waals surface area (Å²) in [5, 5.41) is 50.7. The molecule has 1 amide bonds. The van der Waals surface area contributed by atoms with Gasteiger partial charge in [-0.15, -0.1) is 0 Å². The van der Waals surface area contributed by atoms with Gasteiger partial charge in [-0.1, -0.05) is 0 Å². The van der Waals surface area contributed by atoms with Crippen LogP contribution in [0.4, 0.5) is 13.2 Å². The van der Waals surface area contributed by atoms with E-state index < -0.39 is 107 Å². The van der Waals surface area contributed by atoms with Gasteiger partial charge in [-0.05, 0) is 0 Å². The number of halogens is 3. The molecule has 0 bridgehead atoms. The Hall–Kier alpha value is -2.08. The smallest absolute Gasteiger partial charge is 0.394 e. The summed E-state index contributed by atoms with van der Waals surface area (Å²) in [6.45, 7) is -2.29. The molecule has 2 saturated heterocycles. The minimum atomic E-state index is -5.95. The van der Waals surface area contributed by atoms with Crippen LogP contribution in [0, 0.1) is 0 Å². The molecule has 2 aliphatic heterocycles. The number of rotatable bonds is 10. The number of hydrogen-bond donors (Lipinski definition) is 9. The number of phosphoric acid groups is 2. The molecule has 1 aromatic rings. The van der Waals surface area contributed by atoms with Crippen molar-refractivity contribution in [3.05, 3.63) is 33.1 Å². The van der Waals surface area contributed by atoms with Crippen molar-refractivity contribution in [3.8, 4) is 0 Å². The van der Waals surface area contributed by atoms with Crippen LogP contribution in [-0.2, 0) is 36.8 Å². The Kier molecular flexibility index (Phi) is 10.6. The number of hydrogen-bond acceptors (Lipinski definition) is 15. The van der Waals surface area contributed by atoms with Crippen molar-refractivity contribution >= 4 is 21.6 Å². The summed E-state index contributed by atoms with van der Waals surface area (Å²) in [7, 11) is -11.7. The number of alkyl halides is 3. The van der Waals surface area contributed by atoms with Crippen molar-refractivity contribution in [2.24, 2.45) is 0 Å². The average Bonchev–Trinajstić information content (AvgIpc) is 3.14. The number of aromatic nitrogens is 2. The molecule has 0 radical (unpaired) electrons. The SMILES string of the molecule is O=C(N[C@H]1[C@@H](OP(=O)(O)OP(=O)(O)OC[C@H]2O[C@@H](n3ccc(=O)[nH]c3=O)[C@H](O)[C@@H]2O)O[C@H](CO)[C@@H](O)[C@@H]1O)C(F)(F)F. The van der Waals surface area contributed by atoms with Gasteiger partial charge in [0.15, 0.2) is 12.5 Å². The summed E-state index contributed by atoms with van der Waals surface area (Å²) in [5.41, 5.74) is -1.87. The number of H-pyrrole nitrogens is 1. The lowest BCUT2D eigenvalue weighted by Gasteiger charge is -2.42. The summed E-state index contributed by atoms with van der Waals surface area (Å²) in [6.07, 6.45) is -20.8. The van der Waals surface area contributed by atoms with E-state index >= 15 is 0 Å². The van der Waals surface area contributed by atoms with Crippen LogP contribution in [-0.4, -0.2) is 119 Å². The summed E-state index contributed by atoms with van der Waals surface area (Å²) < 4.78 is 86.4. The zero-order valence-corrected chi connectivity index (χ0v) is 22.2. The maximum absolute atomic E-state index is 12.7. The van der Waals surface area contributed by atoms with E-state index in [0.29, 0.717) is 4.57 Å². The highest BCUT2D eigenvalue weighted by Crippen LogP contribution is 2.61. The monoisotopic (exact) mass is 661 g/mol. The van der Waals surface area contributed by atoms with Gasteiger partial charge in [-0.3, -0.25) is 28.2 Å². The Labute approximate surface area is 230 Å². The van der Waals surface area contributed by atoms with Crippen LogP contribution >= 0.6 is 15.6 Å². The van der Waals surface area contributed by atoms with Crippen molar-refractivity contribution in [2.45, 2.75) is 61.4 Å². The molecule has 42 heavy (non-hydrogen) atoms. The first-order valence-corrected chi connectivity index (χ1v) is 14.3. The Bertz CT molecular complexity index is 1340. The van der Waals surface area contributed by atoms with Crippen LogP contribution in [0.25, 0.3) is 0 Å². The maximum Gasteiger partial charge on any atom is 0.483 e. The highest BCUT2D eigenvalue weighted by Gasteiger charge is 2.52. The first-order valence-electron chi connectivity index (χ1n) is 11.3. The molecule has 2 aliphatic rings. The summed E-state index contributed by atoms with van der Waals surface area (Å²) in [6, 6.07) is -1.57. The van der Waals surface area contributed by atoms with Gasteiger partial charge in [0.05, 0.1) is 13.2 Å². The Morgan fingerprint density at radius 2 is 1.64 bits per heavy atom. The molecule has 0 spiro atoms. The third-order valence-corrected chi connectivity index (χ3v) is 8.34. The number of carbonyl (C=O) groups excluding carboxylic acids is 1. The Morgan fingerprint density at radius 1 is 1.02 bits per heavy atom. The minimum absolute atomic E-state index is 0.656. The minimum Gasteiger partial charge on any atom is -0.394 e. The van der Waals surface area contributed by atoms with Crippen molar-refractivity contribution in [1.82, 2.24) is 14.9 Å². The quantitative estimate of drug-likeness (QED) is 0.108. The number of nitrogens with zero attached hydrogens (tertiary/aromatic N) is 1. The molecule has 20 nitrogen and oxygen atoms in total. The Morgan fingerprint density at radius 3 is 2.21 bits per heavy atom. The highest BCUT2D eigenvalue weighted by atomic mass is 31.3. The summed E-state index contributed by atoms with van der Waals surface area (Å²) >= 11 is 0. The fraction of sp³-hybridized carbons (Fsp3) is 0.706. The van der Waals surface area contributed by atoms with Gasteiger partial charge in [0, 0.05) is 12.3 Å². The number of aliphatic hydroxyl groups excluding tert-OH is 5. The second kappa shape index (κ2) is 12.9. The molecule has 1 aromatic heterocycles. The molecule has 11 atom stereocenters. The molecule has 3 heterocycles. The molecule has 240 valence electrons. The van der Waals surface area contributed by atoms with E-state index in [1.165, 1.54) is 0 Å². The average molecular weight is 661 g/mol. The fourth-order valence-electron chi connectivity index (χ4n) is 3.76. The zero-order valence-electron chi connectivity index (χ0n) is 20.5. The topological polar surface area (TPSA) is 306 Å². The number of phosphoric ester groups is 2. The van der Waals surface area contributed by atoms with Crippen LogP contribution in [0.1, 0.15) is 6.23 Å². The van der Waals surface area contributed by atoms with Crippen molar-refractivity contribution in [3.63, 3.8) is 0 Å². The molecule has 3 rings (SSSR count). The van der Waals surface area contributed by atoms with Crippen LogP contribution in [0.15, 0.2) is 21.9 Å². The van der Waals surface area contributed by atoms with Crippen LogP contribution in [0.5, 0.6) is 0 Å². The number of ether oxygens (including phenoxy) is 2. The number of amides is 1. The first-order chi connectivity index (χ1) is 19.3. The van der Waals surface area contributed by atoms with E-state index in [1.54, 1.807) is 0 Å². The summed E-state index contributed by atoms with van der Waals surface area (Å²) in [5.74, 6) is -2.72. The standard InChI is InChI=1S/C17H24F3N3O17P2/c18-17(19,20)15(30)22-8-11(28)9(26)5(3-24)38-14(8)39-42(34,35)40-41(32,33)36-4-6-10(27)12(29)13(37-6)23-2-1-7(25)21-16(23)31/h1-2,5-6,8-14,24,26-29H,3-4H2,(H,22,30)(H,32,33)(H,34,35)(H,21,25,31)/t5-,6-,8-,9-,10-,11-,12-,13-,14-/m1/s1. The molecule has 0 aromatic carbocycles. The van der Waals surface area contributed by atoms with Gasteiger partial charge < -0.3 is 50.1 Å². The van der Waals surface area contributed by atoms with E-state index in [1.807, 2.05) is 4.98 Å². The third kappa shape index (κ3) is 8.09.